The van der Waals surface area contributed by atoms with Crippen LogP contribution in [-0.2, 0) is 0 Å². The zero-order chi connectivity index (χ0) is 11.5. The highest BCUT2D eigenvalue weighted by molar-refractivity contribution is 5.89. The van der Waals surface area contributed by atoms with E-state index < -0.39 is 0 Å². The molecule has 0 aromatic carbocycles. The summed E-state index contributed by atoms with van der Waals surface area (Å²) >= 11 is 0. The van der Waals surface area contributed by atoms with Crippen LogP contribution in [0.15, 0.2) is 4.52 Å². The number of rotatable bonds is 3. The highest BCUT2D eigenvalue weighted by Crippen LogP contribution is 2.35. The Hall–Kier alpha value is -1.19. The number of hydrogen-bond donors (Lipinski definition) is 0. The first kappa shape index (κ1) is 11.3. The Kier molecular flexibility index (Phi) is 3.36. The van der Waals surface area contributed by atoms with Crippen molar-refractivity contribution in [1.82, 2.24) is 10.1 Å². The standard InChI is InChI=1S/C12H18N2O2/c1-3-9-4-6-10(7-5-9)11-13-12(8(2)15)16-14-11/h9-10H,3-7H2,1-2H3. The maximum absolute atomic E-state index is 11.0. The molecule has 4 heteroatoms. The number of ketones is 1. The minimum absolute atomic E-state index is 0.146. The summed E-state index contributed by atoms with van der Waals surface area (Å²) in [4.78, 5) is 15.2. The van der Waals surface area contributed by atoms with Crippen LogP contribution in [0.3, 0.4) is 0 Å². The molecule has 1 aliphatic rings. The minimum Gasteiger partial charge on any atom is -0.331 e. The molecule has 0 unspecified atom stereocenters. The predicted molar refractivity (Wildman–Crippen MR) is 59.3 cm³/mol. The van der Waals surface area contributed by atoms with Gasteiger partial charge in [-0.2, -0.15) is 4.98 Å². The third kappa shape index (κ3) is 2.31. The summed E-state index contributed by atoms with van der Waals surface area (Å²) in [5, 5.41) is 3.91. The maximum atomic E-state index is 11.0. The number of carbonyl (C=O) groups is 1. The van der Waals surface area contributed by atoms with E-state index in [0.717, 1.165) is 24.6 Å². The highest BCUT2D eigenvalue weighted by Gasteiger charge is 2.25. The number of carbonyl (C=O) groups excluding carboxylic acids is 1. The van der Waals surface area contributed by atoms with Gasteiger partial charge in [0.05, 0.1) is 0 Å². The van der Waals surface area contributed by atoms with Crippen molar-refractivity contribution >= 4 is 5.78 Å². The first-order valence-electron chi connectivity index (χ1n) is 6.05. The summed E-state index contributed by atoms with van der Waals surface area (Å²) in [5.41, 5.74) is 0. The largest absolute Gasteiger partial charge is 0.331 e. The molecule has 0 spiro atoms. The molecule has 0 atom stereocenters. The van der Waals surface area contributed by atoms with Gasteiger partial charge < -0.3 is 4.52 Å². The molecule has 16 heavy (non-hydrogen) atoms. The molecule has 0 amide bonds. The Balaban J connectivity index is 2.00. The van der Waals surface area contributed by atoms with Gasteiger partial charge in [0.2, 0.25) is 5.78 Å². The average molecular weight is 222 g/mol. The van der Waals surface area contributed by atoms with Crippen molar-refractivity contribution in [3.05, 3.63) is 11.7 Å². The molecule has 88 valence electrons. The lowest BCUT2D eigenvalue weighted by atomic mass is 9.80. The monoisotopic (exact) mass is 222 g/mol. The molecule has 1 heterocycles. The van der Waals surface area contributed by atoms with Crippen LogP contribution in [0.4, 0.5) is 0 Å². The van der Waals surface area contributed by atoms with Crippen LogP contribution in [0, 0.1) is 5.92 Å². The summed E-state index contributed by atoms with van der Waals surface area (Å²) in [6.45, 7) is 3.69. The summed E-state index contributed by atoms with van der Waals surface area (Å²) < 4.78 is 4.92. The van der Waals surface area contributed by atoms with Gasteiger partial charge in [-0.3, -0.25) is 4.79 Å². The lowest BCUT2D eigenvalue weighted by Gasteiger charge is -2.25. The average Bonchev–Trinajstić information content (AvgIpc) is 2.78. The van der Waals surface area contributed by atoms with Gasteiger partial charge in [-0.1, -0.05) is 18.5 Å². The molecule has 4 nitrogen and oxygen atoms in total. The van der Waals surface area contributed by atoms with Crippen molar-refractivity contribution in [1.29, 1.82) is 0 Å². The molecule has 1 aromatic rings. The summed E-state index contributed by atoms with van der Waals surface area (Å²) in [5.74, 6) is 1.96. The first-order chi connectivity index (χ1) is 7.70. The fourth-order valence-electron chi connectivity index (χ4n) is 2.37. The third-order valence-corrected chi connectivity index (χ3v) is 3.53. The molecular formula is C12H18N2O2. The van der Waals surface area contributed by atoms with Gasteiger partial charge in [0, 0.05) is 12.8 Å². The molecule has 0 N–H and O–H groups in total. The zero-order valence-corrected chi connectivity index (χ0v) is 9.90. The van der Waals surface area contributed by atoms with E-state index in [-0.39, 0.29) is 11.7 Å². The smallest absolute Gasteiger partial charge is 0.293 e. The molecule has 1 aliphatic carbocycles. The van der Waals surface area contributed by atoms with Gasteiger partial charge in [0.1, 0.15) is 0 Å². The fourth-order valence-corrected chi connectivity index (χ4v) is 2.37. The summed E-state index contributed by atoms with van der Waals surface area (Å²) in [7, 11) is 0. The minimum atomic E-state index is -0.152. The molecule has 0 bridgehead atoms. The Morgan fingerprint density at radius 3 is 2.56 bits per heavy atom. The second-order valence-corrected chi connectivity index (χ2v) is 4.64. The van der Waals surface area contributed by atoms with Gasteiger partial charge in [0.15, 0.2) is 5.82 Å². The van der Waals surface area contributed by atoms with Crippen LogP contribution in [0.5, 0.6) is 0 Å². The maximum Gasteiger partial charge on any atom is 0.293 e. The molecule has 2 rings (SSSR count). The van der Waals surface area contributed by atoms with E-state index in [9.17, 15) is 4.79 Å². The van der Waals surface area contributed by atoms with E-state index >= 15 is 0 Å². The van der Waals surface area contributed by atoms with E-state index in [1.54, 1.807) is 0 Å². The van der Waals surface area contributed by atoms with Crippen LogP contribution < -0.4 is 0 Å². The van der Waals surface area contributed by atoms with E-state index in [4.69, 9.17) is 4.52 Å². The van der Waals surface area contributed by atoms with Crippen LogP contribution in [0.25, 0.3) is 0 Å². The Morgan fingerprint density at radius 2 is 2.06 bits per heavy atom. The van der Waals surface area contributed by atoms with Crippen LogP contribution in [-0.4, -0.2) is 15.9 Å². The predicted octanol–water partition coefficient (Wildman–Crippen LogP) is 2.96. The third-order valence-electron chi connectivity index (χ3n) is 3.53. The van der Waals surface area contributed by atoms with E-state index in [2.05, 4.69) is 17.1 Å². The quantitative estimate of drug-likeness (QED) is 0.738. The first-order valence-corrected chi connectivity index (χ1v) is 6.05. The van der Waals surface area contributed by atoms with Crippen LogP contribution >= 0.6 is 0 Å². The molecule has 0 saturated heterocycles. The van der Waals surface area contributed by atoms with Crippen molar-refractivity contribution in [2.24, 2.45) is 5.92 Å². The molecule has 0 aliphatic heterocycles. The van der Waals surface area contributed by atoms with Gasteiger partial charge in [0.25, 0.3) is 5.89 Å². The van der Waals surface area contributed by atoms with Gasteiger partial charge in [-0.15, -0.1) is 0 Å². The van der Waals surface area contributed by atoms with E-state index in [1.165, 1.54) is 26.2 Å². The molecular weight excluding hydrogens is 204 g/mol. The van der Waals surface area contributed by atoms with E-state index in [1.807, 2.05) is 0 Å². The second kappa shape index (κ2) is 4.76. The Labute approximate surface area is 95.4 Å². The molecule has 0 radical (unpaired) electrons. The zero-order valence-electron chi connectivity index (χ0n) is 9.90. The van der Waals surface area contributed by atoms with Crippen molar-refractivity contribution in [2.75, 3.05) is 0 Å². The second-order valence-electron chi connectivity index (χ2n) is 4.64. The van der Waals surface area contributed by atoms with Crippen molar-refractivity contribution < 1.29 is 9.32 Å². The lowest BCUT2D eigenvalue weighted by Crippen LogP contribution is -2.13. The summed E-state index contributed by atoms with van der Waals surface area (Å²) in [6.07, 6.45) is 5.98. The Morgan fingerprint density at radius 1 is 1.38 bits per heavy atom. The highest BCUT2D eigenvalue weighted by atomic mass is 16.5. The number of aromatic nitrogens is 2. The van der Waals surface area contributed by atoms with Crippen molar-refractivity contribution in [3.8, 4) is 0 Å². The van der Waals surface area contributed by atoms with Gasteiger partial charge in [-0.05, 0) is 31.6 Å². The number of hydrogen-bond acceptors (Lipinski definition) is 4. The van der Waals surface area contributed by atoms with Gasteiger partial charge in [-0.25, -0.2) is 0 Å². The van der Waals surface area contributed by atoms with Gasteiger partial charge >= 0.3 is 0 Å². The summed E-state index contributed by atoms with van der Waals surface area (Å²) in [6, 6.07) is 0. The van der Waals surface area contributed by atoms with Crippen molar-refractivity contribution in [3.63, 3.8) is 0 Å². The molecule has 1 saturated carbocycles. The van der Waals surface area contributed by atoms with Crippen molar-refractivity contribution in [2.45, 2.75) is 51.9 Å². The molecule has 1 fully saturated rings. The van der Waals surface area contributed by atoms with Crippen LogP contribution in [0.2, 0.25) is 0 Å². The normalized spacial score (nSPS) is 25.6. The number of nitrogens with zero attached hydrogens (tertiary/aromatic N) is 2. The SMILES string of the molecule is CCC1CCC(c2noc(C(C)=O)n2)CC1. The lowest BCUT2D eigenvalue weighted by molar-refractivity contribution is 0.0972. The number of Topliss-reactive ketones (excluding diaryl/α,β-unsaturated/α-hetero) is 1. The Bertz CT molecular complexity index is 365. The topological polar surface area (TPSA) is 56.0 Å². The van der Waals surface area contributed by atoms with Crippen LogP contribution in [0.1, 0.15) is 68.4 Å². The molecule has 1 aromatic heterocycles. The van der Waals surface area contributed by atoms with E-state index in [0.29, 0.717) is 5.92 Å². The fraction of sp³-hybridized carbons (Fsp3) is 0.750.